The zero-order chi connectivity index (χ0) is 12.6. The summed E-state index contributed by atoms with van der Waals surface area (Å²) in [6.07, 6.45) is 5.44. The lowest BCUT2D eigenvalue weighted by Gasteiger charge is -2.18. The van der Waals surface area contributed by atoms with E-state index in [2.05, 4.69) is 52.8 Å². The van der Waals surface area contributed by atoms with E-state index in [-0.39, 0.29) is 0 Å². The number of benzene rings is 1. The van der Waals surface area contributed by atoms with E-state index in [4.69, 9.17) is 0 Å². The molecule has 1 aromatic heterocycles. The quantitative estimate of drug-likeness (QED) is 0.782. The molecule has 0 radical (unpaired) electrons. The number of aromatic amines is 1. The number of hydrogen-bond acceptors (Lipinski definition) is 2. The summed E-state index contributed by atoms with van der Waals surface area (Å²) in [5.74, 6) is 0. The first kappa shape index (κ1) is 12.8. The fourth-order valence-corrected chi connectivity index (χ4v) is 2.10. The monoisotopic (exact) mass is 243 g/mol. The molecule has 2 rings (SSSR count). The smallest absolute Gasteiger partial charge is 0.0490 e. The average molecular weight is 243 g/mol. The van der Waals surface area contributed by atoms with Crippen LogP contribution < -0.4 is 5.32 Å². The first-order valence-electron chi connectivity index (χ1n) is 6.66. The van der Waals surface area contributed by atoms with Crippen LogP contribution >= 0.6 is 0 Å². The third-order valence-electron chi connectivity index (χ3n) is 3.15. The van der Waals surface area contributed by atoms with Crippen molar-refractivity contribution in [1.29, 1.82) is 0 Å². The summed E-state index contributed by atoms with van der Waals surface area (Å²) >= 11 is 0. The standard InChI is InChI=1S/C15H21N3/c1-2-3-9-15(13-7-5-4-6-8-13)16-12-14-10-11-17-18-14/h4-8,10-11,15-16H,2-3,9,12H2,1H3,(H,17,18). The minimum absolute atomic E-state index is 0.425. The lowest BCUT2D eigenvalue weighted by atomic mass is 10.0. The van der Waals surface area contributed by atoms with Crippen molar-refractivity contribution < 1.29 is 0 Å². The van der Waals surface area contributed by atoms with Gasteiger partial charge < -0.3 is 5.32 Å². The molecule has 1 atom stereocenters. The van der Waals surface area contributed by atoms with Gasteiger partial charge in [0, 0.05) is 24.5 Å². The van der Waals surface area contributed by atoms with Crippen LogP contribution in [0.2, 0.25) is 0 Å². The molecule has 96 valence electrons. The largest absolute Gasteiger partial charge is 0.304 e. The molecule has 0 aliphatic carbocycles. The zero-order valence-corrected chi connectivity index (χ0v) is 10.9. The molecule has 0 aliphatic heterocycles. The van der Waals surface area contributed by atoms with Crippen LogP contribution in [-0.4, -0.2) is 10.2 Å². The van der Waals surface area contributed by atoms with Gasteiger partial charge in [0.25, 0.3) is 0 Å². The van der Waals surface area contributed by atoms with Gasteiger partial charge in [-0.25, -0.2) is 0 Å². The molecule has 2 N–H and O–H groups in total. The summed E-state index contributed by atoms with van der Waals surface area (Å²) in [5, 5.41) is 10.6. The highest BCUT2D eigenvalue weighted by Gasteiger charge is 2.10. The van der Waals surface area contributed by atoms with Gasteiger partial charge in [-0.05, 0) is 18.1 Å². The Morgan fingerprint density at radius 3 is 2.72 bits per heavy atom. The van der Waals surface area contributed by atoms with E-state index in [0.717, 1.165) is 12.2 Å². The van der Waals surface area contributed by atoms with E-state index in [1.807, 2.05) is 6.07 Å². The highest BCUT2D eigenvalue weighted by molar-refractivity contribution is 5.19. The minimum atomic E-state index is 0.425. The van der Waals surface area contributed by atoms with Crippen LogP contribution in [-0.2, 0) is 6.54 Å². The Hall–Kier alpha value is -1.61. The maximum absolute atomic E-state index is 3.97. The number of nitrogens with zero attached hydrogens (tertiary/aromatic N) is 1. The van der Waals surface area contributed by atoms with Crippen LogP contribution in [0.15, 0.2) is 42.6 Å². The molecule has 1 heterocycles. The fraction of sp³-hybridized carbons (Fsp3) is 0.400. The van der Waals surface area contributed by atoms with Crippen molar-refractivity contribution in [1.82, 2.24) is 15.5 Å². The molecule has 0 saturated heterocycles. The second-order valence-electron chi connectivity index (χ2n) is 4.57. The Kier molecular flexibility index (Phi) is 4.97. The lowest BCUT2D eigenvalue weighted by Crippen LogP contribution is -2.21. The molecule has 0 bridgehead atoms. The van der Waals surface area contributed by atoms with Crippen molar-refractivity contribution in [2.24, 2.45) is 0 Å². The zero-order valence-electron chi connectivity index (χ0n) is 10.9. The van der Waals surface area contributed by atoms with Crippen LogP contribution in [0.25, 0.3) is 0 Å². The van der Waals surface area contributed by atoms with Gasteiger partial charge in [0.05, 0.1) is 0 Å². The molecule has 3 nitrogen and oxygen atoms in total. The van der Waals surface area contributed by atoms with Crippen molar-refractivity contribution in [2.45, 2.75) is 38.8 Å². The molecular formula is C15H21N3. The predicted molar refractivity (Wildman–Crippen MR) is 74.1 cm³/mol. The topological polar surface area (TPSA) is 40.7 Å². The molecule has 0 saturated carbocycles. The highest BCUT2D eigenvalue weighted by Crippen LogP contribution is 2.19. The molecule has 1 aromatic carbocycles. The maximum atomic E-state index is 3.97. The third kappa shape index (κ3) is 3.70. The third-order valence-corrected chi connectivity index (χ3v) is 3.15. The van der Waals surface area contributed by atoms with E-state index >= 15 is 0 Å². The fourth-order valence-electron chi connectivity index (χ4n) is 2.10. The predicted octanol–water partition coefficient (Wildman–Crippen LogP) is 3.43. The van der Waals surface area contributed by atoms with Gasteiger partial charge in [0.15, 0.2) is 0 Å². The van der Waals surface area contributed by atoms with Gasteiger partial charge in [-0.2, -0.15) is 5.10 Å². The van der Waals surface area contributed by atoms with Crippen molar-refractivity contribution in [2.75, 3.05) is 0 Å². The highest BCUT2D eigenvalue weighted by atomic mass is 15.1. The molecule has 0 aliphatic rings. The molecule has 1 unspecified atom stereocenters. The van der Waals surface area contributed by atoms with Crippen molar-refractivity contribution in [3.8, 4) is 0 Å². The lowest BCUT2D eigenvalue weighted by molar-refractivity contribution is 0.477. The normalized spacial score (nSPS) is 12.5. The van der Waals surface area contributed by atoms with Gasteiger partial charge in [-0.1, -0.05) is 50.1 Å². The van der Waals surface area contributed by atoms with E-state index < -0.39 is 0 Å². The van der Waals surface area contributed by atoms with Gasteiger partial charge in [0.2, 0.25) is 0 Å². The average Bonchev–Trinajstić information content (AvgIpc) is 2.93. The summed E-state index contributed by atoms with van der Waals surface area (Å²) in [6, 6.07) is 13.1. The Morgan fingerprint density at radius 1 is 1.22 bits per heavy atom. The van der Waals surface area contributed by atoms with E-state index in [0.29, 0.717) is 6.04 Å². The summed E-state index contributed by atoms with van der Waals surface area (Å²) in [6.45, 7) is 3.07. The second-order valence-corrected chi connectivity index (χ2v) is 4.57. The first-order valence-corrected chi connectivity index (χ1v) is 6.66. The number of unbranched alkanes of at least 4 members (excludes halogenated alkanes) is 1. The van der Waals surface area contributed by atoms with E-state index in [1.165, 1.54) is 24.8 Å². The second kappa shape index (κ2) is 6.97. The van der Waals surface area contributed by atoms with E-state index in [1.54, 1.807) is 6.20 Å². The number of rotatable bonds is 7. The Bertz CT molecular complexity index is 422. The Labute approximate surface area is 109 Å². The maximum Gasteiger partial charge on any atom is 0.0490 e. The molecular weight excluding hydrogens is 222 g/mol. The molecule has 18 heavy (non-hydrogen) atoms. The van der Waals surface area contributed by atoms with Gasteiger partial charge in [-0.15, -0.1) is 0 Å². The van der Waals surface area contributed by atoms with Gasteiger partial charge in [-0.3, -0.25) is 5.10 Å². The van der Waals surface area contributed by atoms with Crippen molar-refractivity contribution >= 4 is 0 Å². The van der Waals surface area contributed by atoms with Crippen molar-refractivity contribution in [3.63, 3.8) is 0 Å². The Morgan fingerprint density at radius 2 is 2.06 bits per heavy atom. The SMILES string of the molecule is CCCCC(NCc1ccn[nH]1)c1ccccc1. The first-order chi connectivity index (χ1) is 8.90. The number of H-pyrrole nitrogens is 1. The molecule has 3 heteroatoms. The number of nitrogens with one attached hydrogen (secondary N) is 2. The Balaban J connectivity index is 1.96. The molecule has 0 amide bonds. The van der Waals surface area contributed by atoms with Crippen LogP contribution in [0.1, 0.15) is 43.5 Å². The van der Waals surface area contributed by atoms with Crippen LogP contribution in [0.3, 0.4) is 0 Å². The summed E-state index contributed by atoms with van der Waals surface area (Å²) in [7, 11) is 0. The summed E-state index contributed by atoms with van der Waals surface area (Å²) < 4.78 is 0. The summed E-state index contributed by atoms with van der Waals surface area (Å²) in [5.41, 5.74) is 2.50. The van der Waals surface area contributed by atoms with Crippen LogP contribution in [0.5, 0.6) is 0 Å². The van der Waals surface area contributed by atoms with E-state index in [9.17, 15) is 0 Å². The van der Waals surface area contributed by atoms with Gasteiger partial charge >= 0.3 is 0 Å². The van der Waals surface area contributed by atoms with Gasteiger partial charge in [0.1, 0.15) is 0 Å². The molecule has 0 fully saturated rings. The molecule has 2 aromatic rings. The number of aromatic nitrogens is 2. The summed E-state index contributed by atoms with van der Waals surface area (Å²) in [4.78, 5) is 0. The molecule has 0 spiro atoms. The number of hydrogen-bond donors (Lipinski definition) is 2. The van der Waals surface area contributed by atoms with Crippen molar-refractivity contribution in [3.05, 3.63) is 53.9 Å². The van der Waals surface area contributed by atoms with Crippen LogP contribution in [0.4, 0.5) is 0 Å². The minimum Gasteiger partial charge on any atom is -0.304 e. The van der Waals surface area contributed by atoms with Crippen LogP contribution in [0, 0.1) is 0 Å².